The first-order valence-corrected chi connectivity index (χ1v) is 6.48. The average molecular weight is 299 g/mol. The van der Waals surface area contributed by atoms with Gasteiger partial charge in [0, 0.05) is 6.07 Å². The Labute approximate surface area is 125 Å². The van der Waals surface area contributed by atoms with E-state index in [0.717, 1.165) is 0 Å². The minimum atomic E-state index is -0.469. The van der Waals surface area contributed by atoms with Crippen LogP contribution in [-0.2, 0) is 9.53 Å². The highest BCUT2D eigenvalue weighted by Crippen LogP contribution is 2.19. The molecule has 0 spiro atoms. The lowest BCUT2D eigenvalue weighted by Gasteiger charge is -2.08. The number of allylic oxidation sites excluding steroid dienone is 4. The molecule has 1 aliphatic carbocycles. The number of hydrogen-bond donors (Lipinski definition) is 1. The van der Waals surface area contributed by atoms with Crippen molar-refractivity contribution in [3.05, 3.63) is 57.3 Å². The van der Waals surface area contributed by atoms with Crippen molar-refractivity contribution in [2.24, 2.45) is 0 Å². The third kappa shape index (κ3) is 2.22. The van der Waals surface area contributed by atoms with Crippen molar-refractivity contribution in [1.82, 2.24) is 9.56 Å². The summed E-state index contributed by atoms with van der Waals surface area (Å²) in [6.07, 6.45) is 6.01. The van der Waals surface area contributed by atoms with Gasteiger partial charge in [-0.2, -0.15) is 4.98 Å². The first-order valence-electron chi connectivity index (χ1n) is 6.48. The maximum absolute atomic E-state index is 12.1. The van der Waals surface area contributed by atoms with Gasteiger partial charge in [-0.3, -0.25) is 9.59 Å². The number of aromatic nitrogens is 2. The van der Waals surface area contributed by atoms with E-state index in [1.807, 2.05) is 0 Å². The number of ketones is 1. The molecule has 0 aliphatic heterocycles. The van der Waals surface area contributed by atoms with E-state index < -0.39 is 5.56 Å². The quantitative estimate of drug-likeness (QED) is 0.895. The van der Waals surface area contributed by atoms with Crippen molar-refractivity contribution in [3.8, 4) is 0 Å². The lowest BCUT2D eigenvalue weighted by molar-refractivity contribution is -0.114. The second-order valence-electron chi connectivity index (χ2n) is 4.77. The van der Waals surface area contributed by atoms with E-state index in [2.05, 4.69) is 4.98 Å². The Morgan fingerprint density at radius 2 is 2.14 bits per heavy atom. The van der Waals surface area contributed by atoms with Crippen LogP contribution in [-0.4, -0.2) is 22.5 Å². The summed E-state index contributed by atoms with van der Waals surface area (Å²) in [5, 5.41) is 0. The van der Waals surface area contributed by atoms with E-state index in [0.29, 0.717) is 17.0 Å². The van der Waals surface area contributed by atoms with Crippen molar-refractivity contribution in [1.29, 1.82) is 0 Å². The van der Waals surface area contributed by atoms with Crippen LogP contribution in [0.4, 0.5) is 5.82 Å². The van der Waals surface area contributed by atoms with Gasteiger partial charge in [0.05, 0.1) is 12.7 Å². The zero-order chi connectivity index (χ0) is 15.9. The summed E-state index contributed by atoms with van der Waals surface area (Å²) in [7, 11) is 1.41. The Morgan fingerprint density at radius 1 is 1.36 bits per heavy atom. The molecule has 0 atom stereocenters. The highest BCUT2D eigenvalue weighted by atomic mass is 16.5. The smallest absolute Gasteiger partial charge is 0.282 e. The Balaban J connectivity index is 2.17. The molecule has 0 fully saturated rings. The maximum atomic E-state index is 12.1. The molecule has 0 saturated carbocycles. The fourth-order valence-electron chi connectivity index (χ4n) is 2.17. The maximum Gasteiger partial charge on any atom is 0.282 e. The molecule has 112 valence electrons. The molecule has 22 heavy (non-hydrogen) atoms. The van der Waals surface area contributed by atoms with Gasteiger partial charge in [0.25, 0.3) is 5.56 Å². The monoisotopic (exact) mass is 299 g/mol. The number of nitrogens with two attached hydrogens (primary N) is 1. The Hall–Kier alpha value is -3.09. The number of methoxy groups -OCH3 is 1. The lowest BCUT2D eigenvalue weighted by Crippen LogP contribution is -2.16. The number of rotatable bonds is 2. The van der Waals surface area contributed by atoms with Gasteiger partial charge in [0.15, 0.2) is 17.2 Å². The number of carbonyl (C=O) groups is 1. The van der Waals surface area contributed by atoms with Gasteiger partial charge in [0.2, 0.25) is 5.78 Å². The molecule has 0 saturated heterocycles. The Kier molecular flexibility index (Phi) is 3.17. The fraction of sp³-hybridized carbons (Fsp3) is 0.133. The van der Waals surface area contributed by atoms with Crippen molar-refractivity contribution in [2.75, 3.05) is 12.8 Å². The molecule has 2 aromatic rings. The van der Waals surface area contributed by atoms with Crippen molar-refractivity contribution < 1.29 is 14.1 Å². The van der Waals surface area contributed by atoms with E-state index in [1.54, 1.807) is 19.1 Å². The first kappa shape index (κ1) is 13.9. The number of hydrogen-bond acceptors (Lipinski definition) is 6. The molecule has 2 N–H and O–H groups in total. The van der Waals surface area contributed by atoms with Crippen LogP contribution in [0, 0.1) is 6.92 Å². The zero-order valence-corrected chi connectivity index (χ0v) is 12.0. The fourth-order valence-corrected chi connectivity index (χ4v) is 2.17. The SMILES string of the molecule is COC1=C/C(=C/c2c(N)n3oc(C)cc3nc2=O)C=CC1=O. The molecule has 0 amide bonds. The summed E-state index contributed by atoms with van der Waals surface area (Å²) < 4.78 is 11.7. The van der Waals surface area contributed by atoms with Crippen molar-refractivity contribution >= 4 is 23.3 Å². The van der Waals surface area contributed by atoms with Gasteiger partial charge in [0.1, 0.15) is 5.76 Å². The number of nitrogen functional groups attached to an aromatic ring is 1. The summed E-state index contributed by atoms with van der Waals surface area (Å²) in [6, 6.07) is 1.62. The molecular formula is C15H13N3O4. The molecule has 7 heteroatoms. The molecule has 0 bridgehead atoms. The summed E-state index contributed by atoms with van der Waals surface area (Å²) in [4.78, 5) is 27.6. The predicted octanol–water partition coefficient (Wildman–Crippen LogP) is 1.23. The summed E-state index contributed by atoms with van der Waals surface area (Å²) in [5.41, 5.74) is 6.66. The number of ether oxygens (including phenoxy) is 1. The average Bonchev–Trinajstić information content (AvgIpc) is 2.85. The van der Waals surface area contributed by atoms with Crippen LogP contribution in [0.15, 0.2) is 44.9 Å². The number of anilines is 1. The number of aryl methyl sites for hydroxylation is 1. The van der Waals surface area contributed by atoms with Gasteiger partial charge < -0.3 is 15.0 Å². The third-order valence-corrected chi connectivity index (χ3v) is 3.22. The topological polar surface area (TPSA) is 99.8 Å². The summed E-state index contributed by atoms with van der Waals surface area (Å²) in [5.74, 6) is 0.691. The molecule has 0 radical (unpaired) electrons. The normalized spacial score (nSPS) is 16.4. The van der Waals surface area contributed by atoms with E-state index in [1.165, 1.54) is 29.9 Å². The van der Waals surface area contributed by atoms with Gasteiger partial charge in [-0.05, 0) is 30.7 Å². The van der Waals surface area contributed by atoms with Crippen LogP contribution in [0.25, 0.3) is 11.7 Å². The van der Waals surface area contributed by atoms with Crippen LogP contribution in [0.1, 0.15) is 11.3 Å². The first-order chi connectivity index (χ1) is 10.5. The van der Waals surface area contributed by atoms with E-state index in [4.69, 9.17) is 15.0 Å². The zero-order valence-electron chi connectivity index (χ0n) is 12.0. The molecule has 1 aliphatic rings. The third-order valence-electron chi connectivity index (χ3n) is 3.22. The van der Waals surface area contributed by atoms with Gasteiger partial charge >= 0.3 is 0 Å². The number of fused-ring (bicyclic) bond motifs is 1. The largest absolute Gasteiger partial charge is 0.493 e. The van der Waals surface area contributed by atoms with E-state index in [-0.39, 0.29) is 22.9 Å². The highest BCUT2D eigenvalue weighted by molar-refractivity contribution is 6.05. The second kappa shape index (κ2) is 5.03. The molecule has 3 rings (SSSR count). The van der Waals surface area contributed by atoms with Crippen LogP contribution in [0.2, 0.25) is 0 Å². The highest BCUT2D eigenvalue weighted by Gasteiger charge is 2.15. The Morgan fingerprint density at radius 3 is 2.86 bits per heavy atom. The van der Waals surface area contributed by atoms with Crippen LogP contribution in [0.3, 0.4) is 0 Å². The minimum Gasteiger partial charge on any atom is -0.493 e. The van der Waals surface area contributed by atoms with Crippen molar-refractivity contribution in [2.45, 2.75) is 6.92 Å². The Bertz CT molecular complexity index is 928. The number of carbonyl (C=O) groups excluding carboxylic acids is 1. The van der Waals surface area contributed by atoms with Crippen LogP contribution >= 0.6 is 0 Å². The van der Waals surface area contributed by atoms with Crippen LogP contribution < -0.4 is 11.3 Å². The van der Waals surface area contributed by atoms with E-state index in [9.17, 15) is 9.59 Å². The second-order valence-corrected chi connectivity index (χ2v) is 4.77. The molecule has 2 heterocycles. The minimum absolute atomic E-state index is 0.147. The summed E-state index contributed by atoms with van der Waals surface area (Å²) in [6.45, 7) is 1.74. The van der Waals surface area contributed by atoms with Crippen molar-refractivity contribution in [3.63, 3.8) is 0 Å². The number of nitrogens with zero attached hydrogens (tertiary/aromatic N) is 2. The molecule has 0 unspecified atom stereocenters. The molecule has 0 aromatic carbocycles. The molecule has 7 nitrogen and oxygen atoms in total. The molecule has 2 aromatic heterocycles. The lowest BCUT2D eigenvalue weighted by atomic mass is 10.0. The van der Waals surface area contributed by atoms with E-state index >= 15 is 0 Å². The molecular weight excluding hydrogens is 286 g/mol. The van der Waals surface area contributed by atoms with Gasteiger partial charge in [-0.15, -0.1) is 4.57 Å². The standard InChI is InChI=1S/C15H13N3O4/c1-8-5-13-17-15(20)10(14(16)18(13)22-8)6-9-3-4-11(19)12(7-9)21-2/h3-7H,16H2,1-2H3/b9-6+. The van der Waals surface area contributed by atoms with Gasteiger partial charge in [-0.25, -0.2) is 0 Å². The van der Waals surface area contributed by atoms with Crippen LogP contribution in [0.5, 0.6) is 0 Å². The summed E-state index contributed by atoms with van der Waals surface area (Å²) >= 11 is 0. The predicted molar refractivity (Wildman–Crippen MR) is 80.1 cm³/mol. The van der Waals surface area contributed by atoms with Gasteiger partial charge in [-0.1, -0.05) is 6.08 Å².